The maximum Gasteiger partial charge on any atom is 0.314 e. The first-order valence-electron chi connectivity index (χ1n) is 9.08. The van der Waals surface area contributed by atoms with Crippen LogP contribution in [-0.4, -0.2) is 42.6 Å². The molecule has 2 N–H and O–H groups in total. The minimum absolute atomic E-state index is 0.0293. The number of nitrogens with one attached hydrogen (secondary N) is 2. The third kappa shape index (κ3) is 5.27. The fraction of sp³-hybridized carbons (Fsp3) is 0.500. The Morgan fingerprint density at radius 3 is 2.93 bits per heavy atom. The Hall–Kier alpha value is -1.97. The average Bonchev–Trinajstić information content (AvgIpc) is 3.01. The molecular formula is C18H25N4O3S2+. The molecule has 1 aromatic heterocycles. The van der Waals surface area contributed by atoms with Crippen molar-refractivity contribution in [1.29, 1.82) is 0 Å². The van der Waals surface area contributed by atoms with E-state index in [1.807, 2.05) is 35.9 Å². The van der Waals surface area contributed by atoms with E-state index >= 15 is 0 Å². The summed E-state index contributed by atoms with van der Waals surface area (Å²) in [6.07, 6.45) is 1.91. The van der Waals surface area contributed by atoms with Crippen molar-refractivity contribution < 1.29 is 19.2 Å². The van der Waals surface area contributed by atoms with Gasteiger partial charge in [-0.25, -0.2) is 0 Å². The molecule has 0 aliphatic carbocycles. The van der Waals surface area contributed by atoms with E-state index < -0.39 is 0 Å². The zero-order valence-corrected chi connectivity index (χ0v) is 17.2. The number of methoxy groups -OCH3 is 1. The highest BCUT2D eigenvalue weighted by Crippen LogP contribution is 2.22. The molecule has 2 aromatic rings. The fourth-order valence-corrected chi connectivity index (χ4v) is 4.25. The largest absolute Gasteiger partial charge is 0.497 e. The number of hydrogen-bond donors (Lipinski definition) is 2. The van der Waals surface area contributed by atoms with Crippen molar-refractivity contribution in [2.24, 2.45) is 5.92 Å². The summed E-state index contributed by atoms with van der Waals surface area (Å²) in [7, 11) is 1.64. The highest BCUT2D eigenvalue weighted by Gasteiger charge is 2.30. The van der Waals surface area contributed by atoms with Gasteiger partial charge in [0.1, 0.15) is 11.7 Å². The van der Waals surface area contributed by atoms with E-state index in [4.69, 9.17) is 21.7 Å². The van der Waals surface area contributed by atoms with Crippen LogP contribution in [-0.2, 0) is 16.2 Å². The molecular weight excluding hydrogens is 384 g/mol. The van der Waals surface area contributed by atoms with Crippen molar-refractivity contribution in [3.05, 3.63) is 28.2 Å². The van der Waals surface area contributed by atoms with Crippen LogP contribution in [0.25, 0.3) is 0 Å². The molecule has 146 valence electrons. The lowest BCUT2D eigenvalue weighted by molar-refractivity contribution is -0.930. The quantitative estimate of drug-likeness (QED) is 0.540. The van der Waals surface area contributed by atoms with Gasteiger partial charge in [-0.15, -0.1) is 5.10 Å². The topological polar surface area (TPSA) is 69.8 Å². The van der Waals surface area contributed by atoms with E-state index in [9.17, 15) is 4.79 Å². The van der Waals surface area contributed by atoms with Crippen LogP contribution in [0.4, 0.5) is 10.8 Å². The van der Waals surface area contributed by atoms with Gasteiger partial charge in [-0.2, -0.15) is 4.68 Å². The van der Waals surface area contributed by atoms with Gasteiger partial charge in [0.2, 0.25) is 5.13 Å². The Morgan fingerprint density at radius 1 is 1.44 bits per heavy atom. The molecule has 0 bridgehead atoms. The van der Waals surface area contributed by atoms with Crippen molar-refractivity contribution in [2.45, 2.75) is 26.4 Å². The standard InChI is InChI=1S/C18H24N4O3S2/c1-3-25-16(23)13-5-4-10-21(11-13)12-22-18(26)27-17(20-22)19-14-6-8-15(24-2)9-7-14/h6-9,13H,3-5,10-12H2,1-2H3,(H,19,20)/p+1/t13-/m1/s1. The SMILES string of the molecule is CCOC(=O)[C@@H]1CCC[NH+](Cn2nc(Nc3ccc(OC)cc3)sc2=S)C1. The Bertz CT molecular complexity index is 819. The number of quaternary nitrogens is 1. The molecule has 27 heavy (non-hydrogen) atoms. The summed E-state index contributed by atoms with van der Waals surface area (Å²) in [5, 5.41) is 8.63. The molecule has 0 spiro atoms. The number of hydrogen-bond acceptors (Lipinski definition) is 7. The summed E-state index contributed by atoms with van der Waals surface area (Å²) in [5.41, 5.74) is 0.930. The minimum Gasteiger partial charge on any atom is -0.497 e. The van der Waals surface area contributed by atoms with E-state index in [1.54, 1.807) is 7.11 Å². The van der Waals surface area contributed by atoms with Crippen molar-refractivity contribution in [2.75, 3.05) is 32.1 Å². The van der Waals surface area contributed by atoms with Crippen LogP contribution >= 0.6 is 23.6 Å². The second-order valence-electron chi connectivity index (χ2n) is 6.48. The zero-order chi connectivity index (χ0) is 19.2. The van der Waals surface area contributed by atoms with Crippen molar-refractivity contribution in [3.63, 3.8) is 0 Å². The molecule has 1 aliphatic rings. The number of rotatable bonds is 7. The maximum atomic E-state index is 12.0. The van der Waals surface area contributed by atoms with Crippen LogP contribution in [0.2, 0.25) is 0 Å². The highest BCUT2D eigenvalue weighted by atomic mass is 32.1. The van der Waals surface area contributed by atoms with E-state index in [0.29, 0.717) is 13.3 Å². The first-order valence-corrected chi connectivity index (χ1v) is 10.3. The molecule has 1 unspecified atom stereocenters. The van der Waals surface area contributed by atoms with Crippen LogP contribution in [0, 0.1) is 9.87 Å². The van der Waals surface area contributed by atoms with Gasteiger partial charge in [0.25, 0.3) is 0 Å². The predicted octanol–water partition coefficient (Wildman–Crippen LogP) is 2.24. The van der Waals surface area contributed by atoms with Crippen LogP contribution < -0.4 is 15.0 Å². The molecule has 2 atom stereocenters. The van der Waals surface area contributed by atoms with Gasteiger partial charge in [-0.05, 0) is 56.2 Å². The van der Waals surface area contributed by atoms with E-state index in [-0.39, 0.29) is 11.9 Å². The predicted molar refractivity (Wildman–Crippen MR) is 107 cm³/mol. The molecule has 9 heteroatoms. The smallest absolute Gasteiger partial charge is 0.314 e. The molecule has 2 heterocycles. The maximum absolute atomic E-state index is 12.0. The monoisotopic (exact) mass is 409 g/mol. The number of carbonyl (C=O) groups is 1. The van der Waals surface area contributed by atoms with E-state index in [1.165, 1.54) is 16.2 Å². The van der Waals surface area contributed by atoms with Gasteiger partial charge >= 0.3 is 5.97 Å². The summed E-state index contributed by atoms with van der Waals surface area (Å²) < 4.78 is 12.9. The van der Waals surface area contributed by atoms with Crippen LogP contribution in [0.1, 0.15) is 19.8 Å². The van der Waals surface area contributed by atoms with Gasteiger partial charge in [-0.3, -0.25) is 4.79 Å². The van der Waals surface area contributed by atoms with Crippen molar-refractivity contribution in [3.8, 4) is 5.75 Å². The first kappa shape index (κ1) is 19.8. The Balaban J connectivity index is 1.62. The molecule has 3 rings (SSSR count). The third-order valence-corrected chi connectivity index (χ3v) is 5.78. The number of benzene rings is 1. The minimum atomic E-state index is -0.0848. The number of piperidine rings is 1. The second kappa shape index (κ2) is 9.29. The number of nitrogens with zero attached hydrogens (tertiary/aromatic N) is 2. The van der Waals surface area contributed by atoms with Gasteiger partial charge in [0.15, 0.2) is 10.6 Å². The number of aromatic nitrogens is 2. The number of ether oxygens (including phenoxy) is 2. The van der Waals surface area contributed by atoms with Gasteiger partial charge in [0, 0.05) is 5.69 Å². The lowest BCUT2D eigenvalue weighted by Gasteiger charge is -2.28. The number of carbonyl (C=O) groups excluding carboxylic acids is 1. The molecule has 1 aliphatic heterocycles. The average molecular weight is 410 g/mol. The Morgan fingerprint density at radius 2 is 2.22 bits per heavy atom. The number of anilines is 2. The normalized spacial score (nSPS) is 19.5. The number of esters is 1. The van der Waals surface area contributed by atoms with Crippen LogP contribution in [0.15, 0.2) is 24.3 Å². The van der Waals surface area contributed by atoms with Gasteiger partial charge in [-0.1, -0.05) is 11.3 Å². The van der Waals surface area contributed by atoms with Crippen LogP contribution in [0.3, 0.4) is 0 Å². The highest BCUT2D eigenvalue weighted by molar-refractivity contribution is 7.73. The van der Waals surface area contributed by atoms with Gasteiger partial charge in [0.05, 0.1) is 26.8 Å². The van der Waals surface area contributed by atoms with E-state index in [2.05, 4.69) is 10.4 Å². The zero-order valence-electron chi connectivity index (χ0n) is 15.6. The molecule has 1 fully saturated rings. The summed E-state index contributed by atoms with van der Waals surface area (Å²) in [4.78, 5) is 13.3. The molecule has 0 radical (unpaired) electrons. The van der Waals surface area contributed by atoms with Crippen molar-refractivity contribution in [1.82, 2.24) is 9.78 Å². The Kier molecular flexibility index (Phi) is 6.81. The van der Waals surface area contributed by atoms with Gasteiger partial charge < -0.3 is 19.7 Å². The molecule has 0 saturated carbocycles. The molecule has 1 saturated heterocycles. The lowest BCUT2D eigenvalue weighted by Crippen LogP contribution is -3.13. The second-order valence-corrected chi connectivity index (χ2v) is 8.10. The summed E-state index contributed by atoms with van der Waals surface area (Å²) in [6.45, 7) is 4.71. The molecule has 0 amide bonds. The molecule has 1 aromatic carbocycles. The molecule has 7 nitrogen and oxygen atoms in total. The van der Waals surface area contributed by atoms with E-state index in [0.717, 1.165) is 46.5 Å². The van der Waals surface area contributed by atoms with Crippen molar-refractivity contribution >= 4 is 40.3 Å². The number of likely N-dealkylation sites (tertiary alicyclic amines) is 1. The summed E-state index contributed by atoms with van der Waals surface area (Å²) in [5.74, 6) is 0.695. The first-order chi connectivity index (χ1) is 13.1. The summed E-state index contributed by atoms with van der Waals surface area (Å²) >= 11 is 6.92. The summed E-state index contributed by atoms with van der Waals surface area (Å²) in [6, 6.07) is 7.67. The Labute approximate surface area is 167 Å². The third-order valence-electron chi connectivity index (χ3n) is 4.56. The fourth-order valence-electron chi connectivity index (χ4n) is 3.22. The lowest BCUT2D eigenvalue weighted by atomic mass is 9.99. The van der Waals surface area contributed by atoms with Crippen LogP contribution in [0.5, 0.6) is 5.75 Å².